The van der Waals surface area contributed by atoms with Gasteiger partial charge in [-0.2, -0.15) is 14.6 Å². The predicted molar refractivity (Wildman–Crippen MR) is 107 cm³/mol. The molecule has 0 atom stereocenters. The quantitative estimate of drug-likeness (QED) is 0.316. The van der Waals surface area contributed by atoms with Crippen molar-refractivity contribution in [2.45, 2.75) is 33.1 Å². The van der Waals surface area contributed by atoms with E-state index < -0.39 is 11.6 Å². The SMILES string of the molecule is CCC=CCCc1ccc(C=NN=Cc2ccc(OCC)c(F)c2F)cc1. The smallest absolute Gasteiger partial charge is 0.201 e. The first-order valence-corrected chi connectivity index (χ1v) is 9.06. The minimum absolute atomic E-state index is 0.0172. The predicted octanol–water partition coefficient (Wildman–Crippen LogP) is 5.72. The van der Waals surface area contributed by atoms with E-state index in [1.54, 1.807) is 13.1 Å². The van der Waals surface area contributed by atoms with Gasteiger partial charge in [-0.05, 0) is 49.4 Å². The molecule has 2 aromatic carbocycles. The van der Waals surface area contributed by atoms with Crippen LogP contribution in [0.15, 0.2) is 58.8 Å². The van der Waals surface area contributed by atoms with Crippen LogP contribution >= 0.6 is 0 Å². The maximum absolute atomic E-state index is 13.9. The largest absolute Gasteiger partial charge is 0.491 e. The number of benzene rings is 2. The van der Waals surface area contributed by atoms with Crippen LogP contribution in [-0.4, -0.2) is 19.0 Å². The highest BCUT2D eigenvalue weighted by atomic mass is 19.2. The normalized spacial score (nSPS) is 11.9. The number of allylic oxidation sites excluding steroid dienone is 2. The monoisotopic (exact) mass is 370 g/mol. The molecule has 0 N–H and O–H groups in total. The molecule has 0 aliphatic heterocycles. The fourth-order valence-corrected chi connectivity index (χ4v) is 2.41. The fraction of sp³-hybridized carbons (Fsp3) is 0.273. The molecule has 3 nitrogen and oxygen atoms in total. The van der Waals surface area contributed by atoms with E-state index in [1.165, 1.54) is 23.9 Å². The Morgan fingerprint density at radius 1 is 0.889 bits per heavy atom. The van der Waals surface area contributed by atoms with Crippen molar-refractivity contribution in [3.05, 3.63) is 76.9 Å². The van der Waals surface area contributed by atoms with E-state index in [-0.39, 0.29) is 17.9 Å². The zero-order valence-corrected chi connectivity index (χ0v) is 15.7. The number of halogens is 2. The second-order valence-corrected chi connectivity index (χ2v) is 5.86. The van der Waals surface area contributed by atoms with Gasteiger partial charge in [0.1, 0.15) is 0 Å². The lowest BCUT2D eigenvalue weighted by Crippen LogP contribution is -2.00. The lowest BCUT2D eigenvalue weighted by Gasteiger charge is -2.05. The van der Waals surface area contributed by atoms with E-state index in [0.717, 1.165) is 24.8 Å². The van der Waals surface area contributed by atoms with Gasteiger partial charge in [0.15, 0.2) is 11.6 Å². The molecule has 5 heteroatoms. The lowest BCUT2D eigenvalue weighted by molar-refractivity contribution is 0.314. The molecular formula is C22H24F2N2O. The third-order valence-corrected chi connectivity index (χ3v) is 3.83. The van der Waals surface area contributed by atoms with Crippen molar-refractivity contribution in [2.75, 3.05) is 6.61 Å². The molecule has 0 heterocycles. The van der Waals surface area contributed by atoms with Gasteiger partial charge in [0.2, 0.25) is 5.82 Å². The minimum Gasteiger partial charge on any atom is -0.491 e. The summed E-state index contributed by atoms with van der Waals surface area (Å²) in [5.74, 6) is -2.13. The molecule has 0 aliphatic rings. The summed E-state index contributed by atoms with van der Waals surface area (Å²) in [7, 11) is 0. The molecule has 0 unspecified atom stereocenters. The second-order valence-electron chi connectivity index (χ2n) is 5.86. The molecule has 2 rings (SSSR count). The number of ether oxygens (including phenoxy) is 1. The van der Waals surface area contributed by atoms with Crippen LogP contribution in [0, 0.1) is 11.6 Å². The Hall–Kier alpha value is -2.82. The summed E-state index contributed by atoms with van der Waals surface area (Å²) in [6.07, 6.45) is 10.2. The summed E-state index contributed by atoms with van der Waals surface area (Å²) in [6.45, 7) is 4.09. The average Bonchev–Trinajstić information content (AvgIpc) is 2.69. The summed E-state index contributed by atoms with van der Waals surface area (Å²) < 4.78 is 32.7. The highest BCUT2D eigenvalue weighted by molar-refractivity contribution is 5.83. The molecule has 0 aromatic heterocycles. The highest BCUT2D eigenvalue weighted by Gasteiger charge is 2.12. The van der Waals surface area contributed by atoms with E-state index in [1.807, 2.05) is 24.3 Å². The first kappa shape index (κ1) is 20.5. The minimum atomic E-state index is -1.02. The van der Waals surface area contributed by atoms with Crippen molar-refractivity contribution < 1.29 is 13.5 Å². The molecule has 27 heavy (non-hydrogen) atoms. The van der Waals surface area contributed by atoms with E-state index >= 15 is 0 Å². The highest BCUT2D eigenvalue weighted by Crippen LogP contribution is 2.21. The molecule has 142 valence electrons. The third-order valence-electron chi connectivity index (χ3n) is 3.83. The summed E-state index contributed by atoms with van der Waals surface area (Å²) in [5.41, 5.74) is 2.16. The summed E-state index contributed by atoms with van der Waals surface area (Å²) in [5, 5.41) is 7.69. The van der Waals surface area contributed by atoms with Crippen molar-refractivity contribution in [1.82, 2.24) is 0 Å². The third kappa shape index (κ3) is 6.44. The van der Waals surface area contributed by atoms with Gasteiger partial charge in [-0.25, -0.2) is 4.39 Å². The molecule has 0 aliphatic carbocycles. The van der Waals surface area contributed by atoms with Crippen molar-refractivity contribution >= 4 is 12.4 Å². The van der Waals surface area contributed by atoms with E-state index in [0.29, 0.717) is 0 Å². The van der Waals surface area contributed by atoms with Gasteiger partial charge < -0.3 is 4.74 Å². The summed E-state index contributed by atoms with van der Waals surface area (Å²) in [6, 6.07) is 10.8. The first-order valence-electron chi connectivity index (χ1n) is 9.06. The van der Waals surface area contributed by atoms with Gasteiger partial charge in [0.05, 0.1) is 19.0 Å². The lowest BCUT2D eigenvalue weighted by atomic mass is 10.1. The van der Waals surface area contributed by atoms with Gasteiger partial charge in [0, 0.05) is 5.56 Å². The Morgan fingerprint density at radius 2 is 1.63 bits per heavy atom. The zero-order chi connectivity index (χ0) is 19.5. The molecule has 0 amide bonds. The molecule has 0 saturated heterocycles. The summed E-state index contributed by atoms with van der Waals surface area (Å²) >= 11 is 0. The van der Waals surface area contributed by atoms with Crippen LogP contribution in [-0.2, 0) is 6.42 Å². The number of rotatable bonds is 9. The zero-order valence-electron chi connectivity index (χ0n) is 15.7. The van der Waals surface area contributed by atoms with Gasteiger partial charge in [-0.3, -0.25) is 0 Å². The molecule has 0 spiro atoms. The molecule has 0 bridgehead atoms. The molecule has 0 saturated carbocycles. The molecular weight excluding hydrogens is 346 g/mol. The topological polar surface area (TPSA) is 34.0 Å². The Balaban J connectivity index is 1.95. The van der Waals surface area contributed by atoms with Crippen LogP contribution in [0.5, 0.6) is 5.75 Å². The van der Waals surface area contributed by atoms with E-state index in [2.05, 4.69) is 29.3 Å². The van der Waals surface area contributed by atoms with Crippen molar-refractivity contribution in [2.24, 2.45) is 10.2 Å². The average molecular weight is 370 g/mol. The molecule has 0 radical (unpaired) electrons. The van der Waals surface area contributed by atoms with Crippen LogP contribution in [0.25, 0.3) is 0 Å². The maximum Gasteiger partial charge on any atom is 0.201 e. The van der Waals surface area contributed by atoms with Crippen LogP contribution in [0.4, 0.5) is 8.78 Å². The van der Waals surface area contributed by atoms with Crippen molar-refractivity contribution in [3.63, 3.8) is 0 Å². The van der Waals surface area contributed by atoms with E-state index in [4.69, 9.17) is 4.74 Å². The Kier molecular flexibility index (Phi) is 8.36. The Labute approximate surface area is 159 Å². The van der Waals surface area contributed by atoms with Gasteiger partial charge >= 0.3 is 0 Å². The van der Waals surface area contributed by atoms with Gasteiger partial charge in [0.25, 0.3) is 0 Å². The summed E-state index contributed by atoms with van der Waals surface area (Å²) in [4.78, 5) is 0. The second kappa shape index (κ2) is 11.0. The van der Waals surface area contributed by atoms with Crippen molar-refractivity contribution in [3.8, 4) is 5.75 Å². The van der Waals surface area contributed by atoms with Gasteiger partial charge in [-0.15, -0.1) is 0 Å². The number of aryl methyl sites for hydroxylation is 1. The number of hydrogen-bond acceptors (Lipinski definition) is 3. The number of nitrogens with zero attached hydrogens (tertiary/aromatic N) is 2. The van der Waals surface area contributed by atoms with Crippen LogP contribution in [0.2, 0.25) is 0 Å². The number of hydrogen-bond donors (Lipinski definition) is 0. The Bertz CT molecular complexity index is 812. The van der Waals surface area contributed by atoms with E-state index in [9.17, 15) is 8.78 Å². The fourth-order valence-electron chi connectivity index (χ4n) is 2.41. The molecule has 0 fully saturated rings. The van der Waals surface area contributed by atoms with Crippen LogP contribution in [0.1, 0.15) is 43.4 Å². The van der Waals surface area contributed by atoms with Crippen LogP contribution in [0.3, 0.4) is 0 Å². The van der Waals surface area contributed by atoms with Crippen molar-refractivity contribution in [1.29, 1.82) is 0 Å². The Morgan fingerprint density at radius 3 is 2.33 bits per heavy atom. The first-order chi connectivity index (χ1) is 13.2. The van der Waals surface area contributed by atoms with Crippen LogP contribution < -0.4 is 4.74 Å². The maximum atomic E-state index is 13.9. The standard InChI is InChI=1S/C22H24F2N2O/c1-3-5-6-7-8-17-9-11-18(12-10-17)15-25-26-16-19-13-14-20(27-4-2)22(24)21(19)23/h5-6,9-16H,3-4,7-8H2,1-2H3. The molecule has 2 aromatic rings. The van der Waals surface area contributed by atoms with Gasteiger partial charge in [-0.1, -0.05) is 43.3 Å².